The highest BCUT2D eigenvalue weighted by atomic mass is 19.1. The zero-order chi connectivity index (χ0) is 14.2. The maximum atomic E-state index is 13.0. The van der Waals surface area contributed by atoms with Crippen molar-refractivity contribution in [3.05, 3.63) is 48.0 Å². The van der Waals surface area contributed by atoms with Crippen LogP contribution >= 0.6 is 0 Å². The average Bonchev–Trinajstić information content (AvgIpc) is 3.16. The molecule has 0 aliphatic carbocycles. The van der Waals surface area contributed by atoms with Crippen molar-refractivity contribution in [1.82, 2.24) is 25.1 Å². The minimum atomic E-state index is -0.248. The topological polar surface area (TPSA) is 55.1 Å². The van der Waals surface area contributed by atoms with Crippen LogP contribution in [-0.2, 0) is 0 Å². The fraction of sp³-hybridized carbons (Fsp3) is 0.267. The number of nitrogens with one attached hydrogen (secondary N) is 1. The number of fused-ring (bicyclic) bond motifs is 1. The monoisotopic (exact) mass is 283 g/mol. The first-order valence-electron chi connectivity index (χ1n) is 7.00. The maximum absolute atomic E-state index is 13.0. The number of halogens is 1. The summed E-state index contributed by atoms with van der Waals surface area (Å²) in [5.41, 5.74) is 2.40. The van der Waals surface area contributed by atoms with Crippen molar-refractivity contribution in [3.63, 3.8) is 0 Å². The quantitative estimate of drug-likeness (QED) is 0.781. The lowest BCUT2D eigenvalue weighted by atomic mass is 10.1. The van der Waals surface area contributed by atoms with E-state index in [0.717, 1.165) is 42.2 Å². The molecule has 1 unspecified atom stereocenters. The molecule has 3 heterocycles. The van der Waals surface area contributed by atoms with Gasteiger partial charge in [-0.05, 0) is 49.4 Å². The van der Waals surface area contributed by atoms with Crippen molar-refractivity contribution in [2.45, 2.75) is 12.3 Å². The van der Waals surface area contributed by atoms with E-state index in [1.54, 1.807) is 16.6 Å². The number of nitrogens with zero attached hydrogens (tertiary/aromatic N) is 4. The van der Waals surface area contributed by atoms with Crippen molar-refractivity contribution < 1.29 is 4.39 Å². The van der Waals surface area contributed by atoms with Crippen LogP contribution in [0.2, 0.25) is 0 Å². The third-order valence-electron chi connectivity index (χ3n) is 3.85. The van der Waals surface area contributed by atoms with Crippen molar-refractivity contribution >= 4 is 5.65 Å². The predicted octanol–water partition coefficient (Wildman–Crippen LogP) is 2.01. The van der Waals surface area contributed by atoms with Crippen LogP contribution in [0.1, 0.15) is 18.2 Å². The van der Waals surface area contributed by atoms with Crippen LogP contribution in [0, 0.1) is 5.82 Å². The zero-order valence-electron chi connectivity index (χ0n) is 11.3. The van der Waals surface area contributed by atoms with Crippen LogP contribution in [0.15, 0.2) is 36.4 Å². The molecule has 0 radical (unpaired) electrons. The summed E-state index contributed by atoms with van der Waals surface area (Å²) < 4.78 is 14.8. The van der Waals surface area contributed by atoms with E-state index < -0.39 is 0 Å². The summed E-state index contributed by atoms with van der Waals surface area (Å²) in [7, 11) is 0. The number of benzene rings is 1. The van der Waals surface area contributed by atoms with Gasteiger partial charge in [0, 0.05) is 18.0 Å². The largest absolute Gasteiger partial charge is 0.316 e. The molecule has 2 aromatic heterocycles. The molecule has 6 heteroatoms. The first kappa shape index (κ1) is 12.4. The lowest BCUT2D eigenvalue weighted by molar-refractivity contribution is 0.628. The van der Waals surface area contributed by atoms with Crippen molar-refractivity contribution in [2.75, 3.05) is 13.1 Å². The zero-order valence-corrected chi connectivity index (χ0v) is 11.3. The van der Waals surface area contributed by atoms with Crippen LogP contribution in [0.5, 0.6) is 0 Å². The Labute approximate surface area is 120 Å². The highest BCUT2D eigenvalue weighted by Crippen LogP contribution is 2.22. The van der Waals surface area contributed by atoms with Crippen LogP contribution in [0.3, 0.4) is 0 Å². The minimum Gasteiger partial charge on any atom is -0.316 e. The molecule has 0 saturated carbocycles. The minimum absolute atomic E-state index is 0.248. The van der Waals surface area contributed by atoms with Gasteiger partial charge in [-0.15, -0.1) is 10.2 Å². The van der Waals surface area contributed by atoms with E-state index in [0.29, 0.717) is 5.92 Å². The van der Waals surface area contributed by atoms with E-state index in [-0.39, 0.29) is 5.82 Å². The van der Waals surface area contributed by atoms with Crippen LogP contribution in [-0.4, -0.2) is 32.9 Å². The second-order valence-corrected chi connectivity index (χ2v) is 5.24. The van der Waals surface area contributed by atoms with Gasteiger partial charge in [0.1, 0.15) is 5.82 Å². The standard InChI is InChI=1S/C15H14FN5/c16-12-3-1-10(2-4-12)13-5-6-14-18-19-15(21(14)20-13)11-7-8-17-9-11/h1-6,11,17H,7-9H2. The second kappa shape index (κ2) is 4.89. The van der Waals surface area contributed by atoms with Crippen molar-refractivity contribution in [2.24, 2.45) is 0 Å². The van der Waals surface area contributed by atoms with Gasteiger partial charge in [0.25, 0.3) is 0 Å². The lowest BCUT2D eigenvalue weighted by Gasteiger charge is -2.06. The molecule has 1 aliphatic rings. The van der Waals surface area contributed by atoms with Gasteiger partial charge in [-0.3, -0.25) is 0 Å². The summed E-state index contributed by atoms with van der Waals surface area (Å²) in [4.78, 5) is 0. The molecule has 4 rings (SSSR count). The lowest BCUT2D eigenvalue weighted by Crippen LogP contribution is -2.11. The van der Waals surface area contributed by atoms with Crippen molar-refractivity contribution in [1.29, 1.82) is 0 Å². The Morgan fingerprint density at radius 3 is 2.71 bits per heavy atom. The fourth-order valence-corrected chi connectivity index (χ4v) is 2.71. The van der Waals surface area contributed by atoms with Crippen molar-refractivity contribution in [3.8, 4) is 11.3 Å². The number of rotatable bonds is 2. The molecule has 3 aromatic rings. The van der Waals surface area contributed by atoms with Gasteiger partial charge < -0.3 is 5.32 Å². The Morgan fingerprint density at radius 1 is 1.10 bits per heavy atom. The van der Waals surface area contributed by atoms with E-state index >= 15 is 0 Å². The highest BCUT2D eigenvalue weighted by molar-refractivity contribution is 5.60. The van der Waals surface area contributed by atoms with Gasteiger partial charge in [-0.25, -0.2) is 4.39 Å². The summed E-state index contributed by atoms with van der Waals surface area (Å²) in [5, 5.41) is 16.4. The Balaban J connectivity index is 1.80. The molecule has 1 fully saturated rings. The molecule has 1 saturated heterocycles. The van der Waals surface area contributed by atoms with E-state index in [9.17, 15) is 4.39 Å². The Kier molecular flexibility index (Phi) is 2.89. The summed E-state index contributed by atoms with van der Waals surface area (Å²) in [5.74, 6) is 0.983. The summed E-state index contributed by atoms with van der Waals surface area (Å²) in [6, 6.07) is 10.1. The third-order valence-corrected chi connectivity index (χ3v) is 3.85. The first-order chi connectivity index (χ1) is 10.3. The Hall–Kier alpha value is -2.34. The highest BCUT2D eigenvalue weighted by Gasteiger charge is 2.22. The van der Waals surface area contributed by atoms with E-state index in [4.69, 9.17) is 0 Å². The first-order valence-corrected chi connectivity index (χ1v) is 7.00. The molecule has 0 spiro atoms. The molecule has 1 aromatic carbocycles. The van der Waals surface area contributed by atoms with E-state index in [1.165, 1.54) is 12.1 Å². The number of aromatic nitrogens is 4. The molecule has 21 heavy (non-hydrogen) atoms. The molecule has 0 bridgehead atoms. The molecule has 1 atom stereocenters. The van der Waals surface area contributed by atoms with Crippen LogP contribution in [0.4, 0.5) is 4.39 Å². The van der Waals surface area contributed by atoms with Gasteiger partial charge in [0.2, 0.25) is 0 Å². The second-order valence-electron chi connectivity index (χ2n) is 5.24. The summed E-state index contributed by atoms with van der Waals surface area (Å²) >= 11 is 0. The fourth-order valence-electron chi connectivity index (χ4n) is 2.71. The number of hydrogen-bond acceptors (Lipinski definition) is 4. The normalized spacial score (nSPS) is 18.4. The van der Waals surface area contributed by atoms with E-state index in [2.05, 4.69) is 20.6 Å². The van der Waals surface area contributed by atoms with Crippen LogP contribution in [0.25, 0.3) is 16.9 Å². The Bertz CT molecular complexity index is 774. The average molecular weight is 283 g/mol. The van der Waals surface area contributed by atoms with Gasteiger partial charge in [0.05, 0.1) is 5.69 Å². The molecular weight excluding hydrogens is 269 g/mol. The Morgan fingerprint density at radius 2 is 1.95 bits per heavy atom. The molecule has 0 amide bonds. The summed E-state index contributed by atoms with van der Waals surface area (Å²) in [6.07, 6.45) is 1.04. The van der Waals surface area contributed by atoms with Gasteiger partial charge >= 0.3 is 0 Å². The van der Waals surface area contributed by atoms with E-state index in [1.807, 2.05) is 12.1 Å². The predicted molar refractivity (Wildman–Crippen MR) is 76.4 cm³/mol. The SMILES string of the molecule is Fc1ccc(-c2ccc3nnc(C4CCNC4)n3n2)cc1. The third kappa shape index (κ3) is 2.17. The summed E-state index contributed by atoms with van der Waals surface area (Å²) in [6.45, 7) is 1.90. The maximum Gasteiger partial charge on any atom is 0.177 e. The smallest absolute Gasteiger partial charge is 0.177 e. The van der Waals surface area contributed by atoms with Gasteiger partial charge in [-0.2, -0.15) is 9.61 Å². The molecule has 106 valence electrons. The van der Waals surface area contributed by atoms with Crippen LogP contribution < -0.4 is 5.32 Å². The number of hydrogen-bond donors (Lipinski definition) is 1. The van der Waals surface area contributed by atoms with Gasteiger partial charge in [0.15, 0.2) is 11.5 Å². The molecule has 1 aliphatic heterocycles. The molecular formula is C15H14FN5. The van der Waals surface area contributed by atoms with Gasteiger partial charge in [-0.1, -0.05) is 0 Å². The molecule has 1 N–H and O–H groups in total. The molecule has 5 nitrogen and oxygen atoms in total.